The van der Waals surface area contributed by atoms with E-state index in [0.29, 0.717) is 40.4 Å². The van der Waals surface area contributed by atoms with Crippen molar-refractivity contribution in [3.8, 4) is 11.1 Å². The minimum atomic E-state index is -0.401. The zero-order valence-electron chi connectivity index (χ0n) is 38.6. The number of aryl methyl sites for hydroxylation is 2. The van der Waals surface area contributed by atoms with Crippen LogP contribution in [0.3, 0.4) is 0 Å². The quantitative estimate of drug-likeness (QED) is 0.0278. The number of carbonyl (C=O) groups is 2. The van der Waals surface area contributed by atoms with Crippen LogP contribution in [0.4, 0.5) is 34.1 Å². The number of allylic oxidation sites excluding steroid dienone is 1. The van der Waals surface area contributed by atoms with Gasteiger partial charge in [-0.25, -0.2) is 0 Å². The first kappa shape index (κ1) is 46.9. The van der Waals surface area contributed by atoms with Crippen LogP contribution in [0.25, 0.3) is 11.1 Å². The summed E-state index contributed by atoms with van der Waals surface area (Å²) >= 11 is 0.692. The molecule has 1 aliphatic rings. The number of hydrogen-bond acceptors (Lipinski definition) is 4. The third-order valence-electron chi connectivity index (χ3n) is 13.3. The maximum absolute atomic E-state index is 12.2. The van der Waals surface area contributed by atoms with Crippen LogP contribution in [0.1, 0.15) is 140 Å². The van der Waals surface area contributed by atoms with Gasteiger partial charge in [0.05, 0.1) is 0 Å². The van der Waals surface area contributed by atoms with Gasteiger partial charge in [0.15, 0.2) is 0 Å². The van der Waals surface area contributed by atoms with Gasteiger partial charge in [-0.05, 0) is 0 Å². The number of fused-ring (bicyclic) bond motifs is 3. The molecule has 7 rings (SSSR count). The number of rotatable bonds is 23. The van der Waals surface area contributed by atoms with Gasteiger partial charge in [0, 0.05) is 0 Å². The van der Waals surface area contributed by atoms with Gasteiger partial charge in [0.25, 0.3) is 0 Å². The summed E-state index contributed by atoms with van der Waals surface area (Å²) in [5.41, 5.74) is 16.0. The molecule has 326 valence electrons. The van der Waals surface area contributed by atoms with Gasteiger partial charge in [0.2, 0.25) is 0 Å². The second-order valence-electron chi connectivity index (χ2n) is 18.0. The van der Waals surface area contributed by atoms with Gasteiger partial charge in [-0.3, -0.25) is 0 Å². The molecule has 6 aromatic carbocycles. The van der Waals surface area contributed by atoms with E-state index in [2.05, 4.69) is 135 Å². The number of anilines is 6. The van der Waals surface area contributed by atoms with Gasteiger partial charge < -0.3 is 0 Å². The Bertz CT molecular complexity index is 2410. The monoisotopic (exact) mass is 1040 g/mol. The standard InChI is InChI=1S/C59H65N2O2.Tl/c1-6-8-10-12-14-16-24-46(5)59(35-17-15-13-11-9-7-2)57-40-53(60(49-27-18-22-44(3)36-49)51-29-20-25-47(38-51)42-62)31-33-55(57)56-34-32-54(41-58(56)59)61(50-28-19-23-45(4)37-50)52-30-21-26-48(39-52)43-63;/h18-23,25-43H,5-17,24H2,1-4H3;. The summed E-state index contributed by atoms with van der Waals surface area (Å²) in [6, 6.07) is 47.5. The fourth-order valence-electron chi connectivity index (χ4n) is 10.1. The SMILES string of the molecule is C=C(CCCCCCCC)C1([CH]([Tl])CCCCCCC)c2cc(N(c3cccc(C)c3)c3cccc(C=O)c3)ccc2-c2ccc(N(c3cccc(C)c3)c3cccc(C=O)c3)cc21. The first-order valence-electron chi connectivity index (χ1n) is 23.8. The Labute approximate surface area is 399 Å². The Morgan fingerprint density at radius 2 is 0.938 bits per heavy atom. The molecule has 5 heteroatoms. The molecule has 0 bridgehead atoms. The van der Waals surface area contributed by atoms with Crippen LogP contribution in [0, 0.1) is 13.8 Å². The minimum absolute atomic E-state index is 0.401. The Morgan fingerprint density at radius 3 is 1.39 bits per heavy atom. The second-order valence-corrected chi connectivity index (χ2v) is 21.1. The van der Waals surface area contributed by atoms with E-state index in [1.807, 2.05) is 36.4 Å². The van der Waals surface area contributed by atoms with E-state index in [4.69, 9.17) is 6.58 Å². The number of aldehydes is 2. The van der Waals surface area contributed by atoms with Gasteiger partial charge in [-0.1, -0.05) is 0 Å². The van der Waals surface area contributed by atoms with Gasteiger partial charge >= 0.3 is 402 Å². The van der Waals surface area contributed by atoms with Crippen LogP contribution in [-0.2, 0) is 5.41 Å². The molecule has 1 aliphatic carbocycles. The average Bonchev–Trinajstić information content (AvgIpc) is 3.60. The number of hydrogen-bond donors (Lipinski definition) is 0. The molecule has 0 N–H and O–H groups in total. The molecule has 0 aliphatic heterocycles. The molecular weight excluding hydrogens is 973 g/mol. The fourth-order valence-corrected chi connectivity index (χ4v) is 13.3. The maximum atomic E-state index is 12.2. The van der Waals surface area contributed by atoms with Crippen molar-refractivity contribution in [2.45, 2.75) is 120 Å². The van der Waals surface area contributed by atoms with Crippen molar-refractivity contribution >= 4 is 72.5 Å². The zero-order valence-corrected chi connectivity index (χ0v) is 43.1. The molecular formula is C59H65N2O2Tl. The van der Waals surface area contributed by atoms with Crippen LogP contribution < -0.4 is 9.80 Å². The number of nitrogens with zero attached hydrogens (tertiary/aromatic N) is 2. The summed E-state index contributed by atoms with van der Waals surface area (Å²) < 4.78 is 0.420. The second kappa shape index (κ2) is 22.2. The van der Waals surface area contributed by atoms with E-state index in [-0.39, 0.29) is 0 Å². The van der Waals surface area contributed by atoms with E-state index >= 15 is 0 Å². The molecule has 0 amide bonds. The predicted molar refractivity (Wildman–Crippen MR) is 272 cm³/mol. The van der Waals surface area contributed by atoms with E-state index in [1.54, 1.807) is 0 Å². The van der Waals surface area contributed by atoms with Crippen molar-refractivity contribution < 1.29 is 9.59 Å². The summed E-state index contributed by atoms with van der Waals surface area (Å²) in [6.45, 7) is 14.1. The molecule has 0 aromatic heterocycles. The molecule has 0 heterocycles. The van der Waals surface area contributed by atoms with Crippen molar-refractivity contribution in [1.82, 2.24) is 0 Å². The van der Waals surface area contributed by atoms with Crippen molar-refractivity contribution in [2.24, 2.45) is 0 Å². The summed E-state index contributed by atoms with van der Waals surface area (Å²) in [6.07, 6.45) is 17.7. The topological polar surface area (TPSA) is 40.6 Å². The molecule has 0 spiro atoms. The van der Waals surface area contributed by atoms with Crippen LogP contribution in [-0.4, -0.2) is 38.3 Å². The third-order valence-corrected chi connectivity index (χ3v) is 16.5. The number of carbonyl (C=O) groups excluding carboxylic acids is 2. The van der Waals surface area contributed by atoms with Crippen LogP contribution in [0.15, 0.2) is 146 Å². The average molecular weight is 1040 g/mol. The Kier molecular flexibility index (Phi) is 16.3. The van der Waals surface area contributed by atoms with Crippen molar-refractivity contribution in [3.63, 3.8) is 0 Å². The van der Waals surface area contributed by atoms with Crippen LogP contribution in [0.2, 0.25) is 3.48 Å². The van der Waals surface area contributed by atoms with Crippen molar-refractivity contribution in [3.05, 3.63) is 179 Å². The Balaban J connectivity index is 1.46. The molecule has 0 fully saturated rings. The molecule has 1 unspecified atom stereocenters. The number of unbranched alkanes of at least 4 members (excludes halogenated alkanes) is 9. The first-order valence-corrected chi connectivity index (χ1v) is 26.4. The Hall–Kier alpha value is -5.08. The normalized spacial score (nSPS) is 12.9. The summed E-state index contributed by atoms with van der Waals surface area (Å²) in [4.78, 5) is 29.0. The summed E-state index contributed by atoms with van der Waals surface area (Å²) in [5.74, 6) is 0. The van der Waals surface area contributed by atoms with E-state index in [9.17, 15) is 9.59 Å². The van der Waals surface area contributed by atoms with Crippen LogP contribution in [0.5, 0.6) is 0 Å². The molecule has 1 atom stereocenters. The van der Waals surface area contributed by atoms with Gasteiger partial charge in [0.1, 0.15) is 0 Å². The van der Waals surface area contributed by atoms with Gasteiger partial charge in [-0.2, -0.15) is 0 Å². The molecule has 6 aromatic rings. The van der Waals surface area contributed by atoms with Crippen molar-refractivity contribution in [1.29, 1.82) is 0 Å². The fraction of sp³-hybridized carbons (Fsp3) is 0.322. The molecule has 0 saturated heterocycles. The molecule has 64 heavy (non-hydrogen) atoms. The van der Waals surface area contributed by atoms with E-state index < -0.39 is 5.41 Å². The first-order chi connectivity index (χ1) is 31.2. The summed E-state index contributed by atoms with van der Waals surface area (Å²) in [7, 11) is 0. The molecule has 4 nitrogen and oxygen atoms in total. The summed E-state index contributed by atoms with van der Waals surface area (Å²) in [5, 5.41) is 0. The van der Waals surface area contributed by atoms with Crippen LogP contribution >= 0.6 is 0 Å². The van der Waals surface area contributed by atoms with Crippen molar-refractivity contribution in [2.75, 3.05) is 9.80 Å². The van der Waals surface area contributed by atoms with Gasteiger partial charge in [-0.15, -0.1) is 0 Å². The van der Waals surface area contributed by atoms with E-state index in [1.165, 1.54) is 103 Å². The number of benzene rings is 6. The predicted octanol–water partition coefficient (Wildman–Crippen LogP) is 16.8. The third kappa shape index (κ3) is 10.2. The zero-order chi connectivity index (χ0) is 45.1. The van der Waals surface area contributed by atoms with E-state index in [0.717, 1.165) is 66.0 Å². The molecule has 0 radical (unpaired) electrons. The Morgan fingerprint density at radius 1 is 0.531 bits per heavy atom. The molecule has 0 saturated carbocycles.